The molecule has 2 aliphatic carbocycles. The first-order valence-electron chi connectivity index (χ1n) is 16.3. The van der Waals surface area contributed by atoms with Crippen LogP contribution in [0.5, 0.6) is 0 Å². The maximum atomic E-state index is 15.4. The Balaban J connectivity index is 1.88. The van der Waals surface area contributed by atoms with Gasteiger partial charge in [-0.25, -0.2) is 9.59 Å². The molecule has 50 heavy (non-hydrogen) atoms. The summed E-state index contributed by atoms with van der Waals surface area (Å²) >= 11 is 0. The van der Waals surface area contributed by atoms with Crippen LogP contribution in [-0.4, -0.2) is 84.0 Å². The number of Topliss-reactive ketones (excluding diaryl/α,β-unsaturated/α-hetero) is 1. The monoisotopic (exact) mass is 700 g/mol. The van der Waals surface area contributed by atoms with Gasteiger partial charge in [-0.3, -0.25) is 19.2 Å². The number of fused-ring (bicyclic) bond motifs is 2. The second-order valence-corrected chi connectivity index (χ2v) is 14.5. The number of esters is 5. The van der Waals surface area contributed by atoms with Crippen molar-refractivity contribution in [2.45, 2.75) is 104 Å². The van der Waals surface area contributed by atoms with Crippen LogP contribution in [0.15, 0.2) is 46.8 Å². The van der Waals surface area contributed by atoms with Gasteiger partial charge < -0.3 is 37.9 Å². The van der Waals surface area contributed by atoms with Gasteiger partial charge in [0.05, 0.1) is 48.9 Å². The standard InChI is InChI=1S/C36H44O14/c1-11-16(2)31(42)48-24-28(46-18(4)37)33(6,7)21(14-22(39)44-10)34(8)25(40)23-17(3)36(50-29(24)34)30(47-19(5)38)32(43)49-27(20-12-13-45-15-20)35(36,9)26(23)41/h11-13,15,21,23-24,26-30,41H,3,14H2,1-2,4-10H3/b16-11+/t21-,23-,24-,26-,27-,28-,29-,30+,34-,35-,36+/m0/s1. The SMILES string of the molecule is C=C1[C@H]2C(=O)[C@@]3(C)[C@@H](O[C@@]14[C@H](OC(C)=O)C(=O)O[C@@H](c1ccoc1)[C@]4(C)[C@H]2O)[C@@H](OC(=O)/C(C)=C/C)[C@H](OC(C)=O)C(C)(C)[C@@H]3CC(=O)OC. The minimum Gasteiger partial charge on any atom is -0.472 e. The van der Waals surface area contributed by atoms with Crippen molar-refractivity contribution in [2.24, 2.45) is 28.1 Å². The maximum Gasteiger partial charge on any atom is 0.351 e. The topological polar surface area (TPSA) is 191 Å². The summed E-state index contributed by atoms with van der Waals surface area (Å²) in [7, 11) is 1.18. The van der Waals surface area contributed by atoms with Crippen LogP contribution in [0, 0.1) is 28.1 Å². The van der Waals surface area contributed by atoms with Crippen LogP contribution in [0.2, 0.25) is 0 Å². The van der Waals surface area contributed by atoms with Gasteiger partial charge in [0.1, 0.15) is 23.9 Å². The molecule has 11 atom stereocenters. The Bertz CT molecular complexity index is 1660. The summed E-state index contributed by atoms with van der Waals surface area (Å²) in [6, 6.07) is 1.51. The van der Waals surface area contributed by atoms with E-state index in [-0.39, 0.29) is 17.6 Å². The highest BCUT2D eigenvalue weighted by Gasteiger charge is 2.83. The van der Waals surface area contributed by atoms with Crippen LogP contribution < -0.4 is 0 Å². The summed E-state index contributed by atoms with van der Waals surface area (Å²) in [5.74, 6) is -7.42. The van der Waals surface area contributed by atoms with E-state index in [4.69, 9.17) is 32.8 Å². The van der Waals surface area contributed by atoms with Gasteiger partial charge in [0.25, 0.3) is 0 Å². The van der Waals surface area contributed by atoms with E-state index in [0.717, 1.165) is 13.8 Å². The lowest BCUT2D eigenvalue weighted by Crippen LogP contribution is -2.74. The van der Waals surface area contributed by atoms with E-state index in [9.17, 15) is 29.1 Å². The molecular weight excluding hydrogens is 656 g/mol. The predicted octanol–water partition coefficient (Wildman–Crippen LogP) is 3.10. The molecule has 1 aromatic heterocycles. The minimum atomic E-state index is -2.21. The summed E-state index contributed by atoms with van der Waals surface area (Å²) in [6.45, 7) is 16.0. The fourth-order valence-electron chi connectivity index (χ4n) is 9.01. The molecule has 2 bridgehead atoms. The van der Waals surface area contributed by atoms with Crippen molar-refractivity contribution in [1.29, 1.82) is 0 Å². The van der Waals surface area contributed by atoms with E-state index in [1.807, 2.05) is 0 Å². The van der Waals surface area contributed by atoms with Gasteiger partial charge in [-0.05, 0) is 45.3 Å². The number of aliphatic hydroxyl groups is 1. The molecule has 0 amide bonds. The summed E-state index contributed by atoms with van der Waals surface area (Å²) < 4.78 is 41.0. The Kier molecular flexibility index (Phi) is 9.23. The number of furan rings is 1. The zero-order chi connectivity index (χ0) is 37.3. The largest absolute Gasteiger partial charge is 0.472 e. The normalized spacial score (nSPS) is 38.9. The number of aliphatic hydroxyl groups excluding tert-OH is 1. The number of allylic oxidation sites excluding steroid dienone is 1. The second kappa shape index (κ2) is 12.5. The van der Waals surface area contributed by atoms with Gasteiger partial charge >= 0.3 is 29.8 Å². The molecule has 4 fully saturated rings. The van der Waals surface area contributed by atoms with E-state index < -0.39 is 106 Å². The second-order valence-electron chi connectivity index (χ2n) is 14.5. The third-order valence-electron chi connectivity index (χ3n) is 11.6. The number of carbonyl (C=O) groups is 6. The molecule has 2 saturated heterocycles. The molecular formula is C36H44O14. The highest BCUT2D eigenvalue weighted by atomic mass is 16.6. The maximum absolute atomic E-state index is 15.4. The number of hydrogen-bond acceptors (Lipinski definition) is 14. The van der Waals surface area contributed by atoms with Gasteiger partial charge in [-0.15, -0.1) is 0 Å². The molecule has 3 heterocycles. The van der Waals surface area contributed by atoms with Gasteiger partial charge in [-0.2, -0.15) is 0 Å². The van der Waals surface area contributed by atoms with Crippen molar-refractivity contribution in [3.63, 3.8) is 0 Å². The fraction of sp³-hybridized carbons (Fsp3) is 0.611. The van der Waals surface area contributed by atoms with Crippen molar-refractivity contribution >= 4 is 35.6 Å². The molecule has 2 aliphatic heterocycles. The number of cyclic esters (lactones) is 1. The molecule has 1 N–H and O–H groups in total. The van der Waals surface area contributed by atoms with Crippen molar-refractivity contribution in [2.75, 3.05) is 7.11 Å². The van der Waals surface area contributed by atoms with Crippen LogP contribution in [0.3, 0.4) is 0 Å². The van der Waals surface area contributed by atoms with E-state index in [1.54, 1.807) is 20.8 Å². The van der Waals surface area contributed by atoms with Crippen LogP contribution in [-0.2, 0) is 57.2 Å². The molecule has 4 aliphatic rings. The summed E-state index contributed by atoms with van der Waals surface area (Å²) in [5, 5.41) is 12.4. The summed E-state index contributed by atoms with van der Waals surface area (Å²) in [6.07, 6.45) is -5.62. The summed E-state index contributed by atoms with van der Waals surface area (Å²) in [4.78, 5) is 81.4. The molecule has 272 valence electrons. The van der Waals surface area contributed by atoms with Crippen molar-refractivity contribution in [3.8, 4) is 0 Å². The molecule has 1 aromatic rings. The average molecular weight is 701 g/mol. The van der Waals surface area contributed by atoms with Gasteiger partial charge in [0, 0.05) is 30.4 Å². The Labute approximate surface area is 289 Å². The van der Waals surface area contributed by atoms with E-state index in [2.05, 4.69) is 6.58 Å². The first-order valence-corrected chi connectivity index (χ1v) is 16.3. The molecule has 1 spiro atoms. The number of ketones is 1. The smallest absolute Gasteiger partial charge is 0.351 e. The zero-order valence-electron chi connectivity index (χ0n) is 29.6. The van der Waals surface area contributed by atoms with Gasteiger partial charge in [-0.1, -0.05) is 26.5 Å². The predicted molar refractivity (Wildman–Crippen MR) is 169 cm³/mol. The highest BCUT2D eigenvalue weighted by Crippen LogP contribution is 2.71. The van der Waals surface area contributed by atoms with Crippen molar-refractivity contribution in [3.05, 3.63) is 48.0 Å². The Morgan fingerprint density at radius 1 is 1.02 bits per heavy atom. The summed E-state index contributed by atoms with van der Waals surface area (Å²) in [5.41, 5.74) is -6.72. The Morgan fingerprint density at radius 3 is 2.20 bits per heavy atom. The van der Waals surface area contributed by atoms with Crippen LogP contribution in [0.1, 0.15) is 73.5 Å². The molecule has 0 radical (unpaired) electrons. The van der Waals surface area contributed by atoms with Crippen molar-refractivity contribution in [1.82, 2.24) is 0 Å². The number of hydrogen-bond donors (Lipinski definition) is 1. The van der Waals surface area contributed by atoms with E-state index in [1.165, 1.54) is 52.5 Å². The number of methoxy groups -OCH3 is 1. The molecule has 2 saturated carbocycles. The number of carbonyl (C=O) groups excluding carboxylic acids is 6. The zero-order valence-corrected chi connectivity index (χ0v) is 29.6. The molecule has 0 unspecified atom stereocenters. The number of ether oxygens (including phenoxy) is 6. The van der Waals surface area contributed by atoms with Crippen molar-refractivity contribution < 1.29 is 66.7 Å². The lowest BCUT2D eigenvalue weighted by atomic mass is 9.49. The molecule has 14 nitrogen and oxygen atoms in total. The minimum absolute atomic E-state index is 0.0853. The highest BCUT2D eigenvalue weighted by molar-refractivity contribution is 5.95. The third kappa shape index (κ3) is 4.96. The first kappa shape index (κ1) is 37.0. The van der Waals surface area contributed by atoms with Gasteiger partial charge in [0.2, 0.25) is 6.10 Å². The lowest BCUT2D eigenvalue weighted by molar-refractivity contribution is -0.316. The Morgan fingerprint density at radius 2 is 1.66 bits per heavy atom. The van der Waals surface area contributed by atoms with Crippen LogP contribution >= 0.6 is 0 Å². The van der Waals surface area contributed by atoms with Crippen LogP contribution in [0.25, 0.3) is 0 Å². The number of rotatable bonds is 7. The van der Waals surface area contributed by atoms with Crippen LogP contribution in [0.4, 0.5) is 0 Å². The molecule has 0 aromatic carbocycles. The van der Waals surface area contributed by atoms with E-state index in [0.29, 0.717) is 5.56 Å². The average Bonchev–Trinajstić information content (AvgIpc) is 3.62. The fourth-order valence-corrected chi connectivity index (χ4v) is 9.01. The van der Waals surface area contributed by atoms with E-state index >= 15 is 4.79 Å². The Hall–Kier alpha value is -4.30. The third-order valence-corrected chi connectivity index (χ3v) is 11.6. The lowest BCUT2D eigenvalue weighted by Gasteiger charge is -2.62. The first-order chi connectivity index (χ1) is 23.3. The quantitative estimate of drug-likeness (QED) is 0.189. The van der Waals surface area contributed by atoms with Gasteiger partial charge in [0.15, 0.2) is 11.9 Å². The molecule has 5 rings (SSSR count). The molecule has 14 heteroatoms.